The molecule has 37 heavy (non-hydrogen) atoms. The monoisotopic (exact) mass is 518 g/mol. The molecule has 210 valence electrons. The van der Waals surface area contributed by atoms with E-state index in [0.717, 1.165) is 55.6 Å². The van der Waals surface area contributed by atoms with Crippen molar-refractivity contribution in [2.45, 2.75) is 127 Å². The Morgan fingerprint density at radius 2 is 1.35 bits per heavy atom. The Morgan fingerprint density at radius 1 is 0.838 bits per heavy atom. The van der Waals surface area contributed by atoms with E-state index in [1.165, 1.54) is 0 Å². The molecule has 2 heterocycles. The van der Waals surface area contributed by atoms with Crippen molar-refractivity contribution >= 4 is 11.8 Å². The van der Waals surface area contributed by atoms with Gasteiger partial charge in [0.15, 0.2) is 11.4 Å². The lowest BCUT2D eigenvalue weighted by Gasteiger charge is -2.32. The second kappa shape index (κ2) is 14.3. The van der Waals surface area contributed by atoms with Crippen LogP contribution in [-0.4, -0.2) is 34.2 Å². The quantitative estimate of drug-likeness (QED) is 0.325. The second-order valence-corrected chi connectivity index (χ2v) is 11.3. The fourth-order valence-corrected chi connectivity index (χ4v) is 4.15. The van der Waals surface area contributed by atoms with Gasteiger partial charge in [-0.05, 0) is 44.4 Å². The first-order valence-electron chi connectivity index (χ1n) is 13.8. The summed E-state index contributed by atoms with van der Waals surface area (Å²) >= 11 is 0. The Hall–Kier alpha value is -2.64. The van der Waals surface area contributed by atoms with Gasteiger partial charge in [0.1, 0.15) is 11.5 Å². The topological polar surface area (TPSA) is 110 Å². The number of aryl methyl sites for hydroxylation is 2. The van der Waals surface area contributed by atoms with Gasteiger partial charge in [0.2, 0.25) is 0 Å². The molecule has 2 amide bonds. The molecule has 2 unspecified atom stereocenters. The molecule has 2 rings (SSSR count). The summed E-state index contributed by atoms with van der Waals surface area (Å²) in [5.41, 5.74) is 1.79. The Balaban J connectivity index is 0.000000371. The minimum atomic E-state index is -0.157. The van der Waals surface area contributed by atoms with Gasteiger partial charge in [-0.3, -0.25) is 9.59 Å². The van der Waals surface area contributed by atoms with Crippen LogP contribution in [0.1, 0.15) is 133 Å². The molecule has 8 heteroatoms. The molecule has 0 saturated heterocycles. The maximum absolute atomic E-state index is 12.2. The fraction of sp³-hybridized carbons (Fsp3) is 0.724. The number of hydrogen-bond donors (Lipinski definition) is 2. The third-order valence-corrected chi connectivity index (χ3v) is 7.53. The lowest BCUT2D eigenvalue weighted by Crippen LogP contribution is -2.43. The number of carbonyl (C=O) groups excluding carboxylic acids is 2. The van der Waals surface area contributed by atoms with Crippen LogP contribution in [-0.2, 0) is 12.8 Å². The summed E-state index contributed by atoms with van der Waals surface area (Å²) in [4.78, 5) is 24.2. The Kier molecular flexibility index (Phi) is 12.6. The van der Waals surface area contributed by atoms with Crippen LogP contribution >= 0.6 is 0 Å². The van der Waals surface area contributed by atoms with Crippen molar-refractivity contribution in [1.29, 1.82) is 0 Å². The van der Waals surface area contributed by atoms with E-state index in [2.05, 4.69) is 62.5 Å². The van der Waals surface area contributed by atoms with Crippen LogP contribution in [0.3, 0.4) is 0 Å². The highest BCUT2D eigenvalue weighted by atomic mass is 16.5. The first kappa shape index (κ1) is 32.4. The summed E-state index contributed by atoms with van der Waals surface area (Å²) in [5, 5.41) is 13.7. The number of carbonyl (C=O) groups is 2. The van der Waals surface area contributed by atoms with Crippen molar-refractivity contribution in [3.8, 4) is 0 Å². The maximum atomic E-state index is 12.2. The van der Waals surface area contributed by atoms with E-state index >= 15 is 0 Å². The number of nitrogens with one attached hydrogen (secondary N) is 2. The first-order chi connectivity index (χ1) is 17.2. The van der Waals surface area contributed by atoms with E-state index in [-0.39, 0.29) is 34.7 Å². The Bertz CT molecular complexity index is 990. The van der Waals surface area contributed by atoms with Crippen LogP contribution in [0.25, 0.3) is 0 Å². The average molecular weight is 519 g/mol. The summed E-state index contributed by atoms with van der Waals surface area (Å²) in [6.07, 6.45) is 5.87. The predicted octanol–water partition coefficient (Wildman–Crippen LogP) is 6.67. The standard InChI is InChI=1S/C15H26N2O2.C14H24N2O2/c1-7-9-15(5,6)11(4)16-14(18)13-10(3)12(8-2)19-17-13;1-6-8-14(4,5)10(3)15-13(17)12-9-11(7-2)18-16-12/h11H,7-9H2,1-6H3,(H,16,18);9-10H,6-8H2,1-5H3,(H,15,17). The van der Waals surface area contributed by atoms with Crippen LogP contribution < -0.4 is 10.6 Å². The molecular weight excluding hydrogens is 468 g/mol. The van der Waals surface area contributed by atoms with Gasteiger partial charge >= 0.3 is 0 Å². The molecule has 2 aromatic heterocycles. The summed E-state index contributed by atoms with van der Waals surface area (Å²) < 4.78 is 10.2. The molecule has 2 aromatic rings. The van der Waals surface area contributed by atoms with E-state index in [4.69, 9.17) is 9.05 Å². The third kappa shape index (κ3) is 9.31. The highest BCUT2D eigenvalue weighted by Crippen LogP contribution is 2.28. The normalized spacial score (nSPS) is 13.4. The zero-order chi connectivity index (χ0) is 28.4. The summed E-state index contributed by atoms with van der Waals surface area (Å²) in [5.74, 6) is 1.22. The van der Waals surface area contributed by atoms with Gasteiger partial charge in [0.25, 0.3) is 11.8 Å². The number of rotatable bonds is 12. The molecule has 8 nitrogen and oxygen atoms in total. The van der Waals surface area contributed by atoms with Gasteiger partial charge in [-0.1, -0.05) is 78.5 Å². The van der Waals surface area contributed by atoms with E-state index in [9.17, 15) is 9.59 Å². The molecule has 2 N–H and O–H groups in total. The lowest BCUT2D eigenvalue weighted by atomic mass is 9.81. The largest absolute Gasteiger partial charge is 0.361 e. The molecule has 0 bridgehead atoms. The average Bonchev–Trinajstić information content (AvgIpc) is 3.45. The molecular formula is C29H50N4O4. The maximum Gasteiger partial charge on any atom is 0.273 e. The zero-order valence-corrected chi connectivity index (χ0v) is 25.0. The molecule has 0 aromatic carbocycles. The van der Waals surface area contributed by atoms with Gasteiger partial charge in [-0.2, -0.15) is 0 Å². The molecule has 0 aliphatic carbocycles. The van der Waals surface area contributed by atoms with Crippen LogP contribution in [0.5, 0.6) is 0 Å². The van der Waals surface area contributed by atoms with E-state index in [1.807, 2.05) is 34.6 Å². The van der Waals surface area contributed by atoms with E-state index < -0.39 is 0 Å². The van der Waals surface area contributed by atoms with Crippen LogP contribution in [0.4, 0.5) is 0 Å². The molecule has 2 atom stereocenters. The van der Waals surface area contributed by atoms with Gasteiger partial charge in [-0.25, -0.2) is 0 Å². The van der Waals surface area contributed by atoms with Crippen LogP contribution in [0.15, 0.2) is 15.1 Å². The minimum absolute atomic E-state index is 0.0790. The van der Waals surface area contributed by atoms with Gasteiger partial charge in [0, 0.05) is 36.6 Å². The minimum Gasteiger partial charge on any atom is -0.361 e. The molecule has 0 aliphatic heterocycles. The van der Waals surface area contributed by atoms with Crippen molar-refractivity contribution < 1.29 is 18.6 Å². The highest BCUT2D eigenvalue weighted by molar-refractivity contribution is 5.94. The molecule has 0 radical (unpaired) electrons. The van der Waals surface area contributed by atoms with E-state index in [0.29, 0.717) is 11.4 Å². The second-order valence-electron chi connectivity index (χ2n) is 11.3. The highest BCUT2D eigenvalue weighted by Gasteiger charge is 2.29. The Morgan fingerprint density at radius 3 is 1.76 bits per heavy atom. The van der Waals surface area contributed by atoms with Crippen molar-refractivity contribution in [3.63, 3.8) is 0 Å². The summed E-state index contributed by atoms with van der Waals surface area (Å²) in [6.45, 7) is 22.9. The fourth-order valence-electron chi connectivity index (χ4n) is 4.15. The zero-order valence-electron chi connectivity index (χ0n) is 25.0. The van der Waals surface area contributed by atoms with Gasteiger partial charge in [0.05, 0.1) is 0 Å². The van der Waals surface area contributed by atoms with Gasteiger partial charge < -0.3 is 19.7 Å². The Labute approximate surface area is 223 Å². The summed E-state index contributed by atoms with van der Waals surface area (Å²) in [7, 11) is 0. The molecule has 0 saturated carbocycles. The third-order valence-electron chi connectivity index (χ3n) is 7.53. The van der Waals surface area contributed by atoms with Crippen molar-refractivity contribution in [2.24, 2.45) is 10.8 Å². The number of aromatic nitrogens is 2. The number of hydrogen-bond acceptors (Lipinski definition) is 6. The number of nitrogens with zero attached hydrogens (tertiary/aromatic N) is 2. The summed E-state index contributed by atoms with van der Waals surface area (Å²) in [6, 6.07) is 1.90. The SMILES string of the molecule is CCCC(C)(C)C(C)NC(=O)c1cc(CC)on1.CCCC(C)(C)C(C)NC(=O)c1noc(CC)c1C. The first-order valence-corrected chi connectivity index (χ1v) is 13.8. The number of amides is 2. The van der Waals surface area contributed by atoms with Crippen molar-refractivity contribution in [3.05, 3.63) is 34.5 Å². The van der Waals surface area contributed by atoms with E-state index in [1.54, 1.807) is 6.07 Å². The van der Waals surface area contributed by atoms with Gasteiger partial charge in [-0.15, -0.1) is 0 Å². The van der Waals surface area contributed by atoms with Crippen LogP contribution in [0, 0.1) is 17.8 Å². The lowest BCUT2D eigenvalue weighted by molar-refractivity contribution is 0.0881. The van der Waals surface area contributed by atoms with Crippen molar-refractivity contribution in [1.82, 2.24) is 20.9 Å². The smallest absolute Gasteiger partial charge is 0.273 e. The predicted molar refractivity (Wildman–Crippen MR) is 148 cm³/mol. The van der Waals surface area contributed by atoms with Crippen molar-refractivity contribution in [2.75, 3.05) is 0 Å². The molecule has 0 aliphatic rings. The molecule has 0 spiro atoms. The van der Waals surface area contributed by atoms with Crippen LogP contribution in [0.2, 0.25) is 0 Å². The molecule has 0 fully saturated rings.